The maximum atomic E-state index is 12.4. The largest absolute Gasteiger partial charge is 0.419 e. The Balaban J connectivity index is 2.79. The highest BCUT2D eigenvalue weighted by Crippen LogP contribution is 2.31. The SMILES string of the molecule is CC(C)(C)C(CBr)Cn1cc(C(F)(F)F)cn1. The van der Waals surface area contributed by atoms with Gasteiger partial charge in [-0.15, -0.1) is 0 Å². The molecule has 0 aromatic carbocycles. The van der Waals surface area contributed by atoms with Crippen LogP contribution in [0.2, 0.25) is 0 Å². The highest BCUT2D eigenvalue weighted by Gasteiger charge is 2.32. The molecule has 0 saturated heterocycles. The Morgan fingerprint density at radius 1 is 1.35 bits per heavy atom. The average molecular weight is 313 g/mol. The summed E-state index contributed by atoms with van der Waals surface area (Å²) in [6.07, 6.45) is -2.39. The summed E-state index contributed by atoms with van der Waals surface area (Å²) in [5.41, 5.74) is -0.673. The first-order valence-corrected chi connectivity index (χ1v) is 6.42. The van der Waals surface area contributed by atoms with Crippen LogP contribution in [0.1, 0.15) is 26.3 Å². The molecule has 0 N–H and O–H groups in total. The third-order valence-corrected chi connectivity index (χ3v) is 3.56. The second-order valence-electron chi connectivity index (χ2n) is 5.17. The maximum absolute atomic E-state index is 12.4. The molecule has 0 amide bonds. The van der Waals surface area contributed by atoms with Crippen molar-refractivity contribution in [1.29, 1.82) is 0 Å². The number of rotatable bonds is 3. The molecule has 0 fully saturated rings. The van der Waals surface area contributed by atoms with E-state index in [4.69, 9.17) is 0 Å². The van der Waals surface area contributed by atoms with Gasteiger partial charge in [0.1, 0.15) is 0 Å². The van der Waals surface area contributed by atoms with Crippen LogP contribution < -0.4 is 0 Å². The Kier molecular flexibility index (Phi) is 4.28. The van der Waals surface area contributed by atoms with Crippen LogP contribution in [0.5, 0.6) is 0 Å². The van der Waals surface area contributed by atoms with Crippen LogP contribution in [0.4, 0.5) is 13.2 Å². The minimum Gasteiger partial charge on any atom is -0.272 e. The molecule has 0 spiro atoms. The van der Waals surface area contributed by atoms with Crippen molar-refractivity contribution >= 4 is 15.9 Å². The van der Waals surface area contributed by atoms with Crippen molar-refractivity contribution in [2.45, 2.75) is 33.5 Å². The van der Waals surface area contributed by atoms with Gasteiger partial charge in [-0.05, 0) is 11.3 Å². The third-order valence-electron chi connectivity index (χ3n) is 2.78. The molecule has 98 valence electrons. The summed E-state index contributed by atoms with van der Waals surface area (Å²) in [4.78, 5) is 0. The molecule has 1 aromatic rings. The number of alkyl halides is 4. The highest BCUT2D eigenvalue weighted by atomic mass is 79.9. The lowest BCUT2D eigenvalue weighted by atomic mass is 9.82. The fourth-order valence-corrected chi connectivity index (χ4v) is 2.57. The first-order valence-electron chi connectivity index (χ1n) is 5.30. The fraction of sp³-hybridized carbons (Fsp3) is 0.727. The zero-order valence-electron chi connectivity index (χ0n) is 10.1. The molecule has 0 aliphatic rings. The van der Waals surface area contributed by atoms with Crippen molar-refractivity contribution < 1.29 is 13.2 Å². The van der Waals surface area contributed by atoms with Gasteiger partial charge in [0.25, 0.3) is 0 Å². The molecule has 2 nitrogen and oxygen atoms in total. The zero-order valence-corrected chi connectivity index (χ0v) is 11.6. The molecule has 1 atom stereocenters. The molecule has 0 aliphatic carbocycles. The van der Waals surface area contributed by atoms with Crippen LogP contribution in [-0.2, 0) is 12.7 Å². The topological polar surface area (TPSA) is 17.8 Å². The zero-order chi connectivity index (χ0) is 13.3. The summed E-state index contributed by atoms with van der Waals surface area (Å²) < 4.78 is 38.5. The maximum Gasteiger partial charge on any atom is 0.419 e. The summed E-state index contributed by atoms with van der Waals surface area (Å²) in [5, 5.41) is 4.49. The number of hydrogen-bond donors (Lipinski definition) is 0. The summed E-state index contributed by atoms with van der Waals surface area (Å²) >= 11 is 3.39. The van der Waals surface area contributed by atoms with Gasteiger partial charge in [0, 0.05) is 18.1 Å². The van der Waals surface area contributed by atoms with Crippen LogP contribution in [0.15, 0.2) is 12.4 Å². The molecule has 17 heavy (non-hydrogen) atoms. The van der Waals surface area contributed by atoms with Crippen molar-refractivity contribution in [3.05, 3.63) is 18.0 Å². The molecule has 0 saturated carbocycles. The van der Waals surface area contributed by atoms with Gasteiger partial charge in [-0.2, -0.15) is 18.3 Å². The second-order valence-corrected chi connectivity index (χ2v) is 5.81. The minimum absolute atomic E-state index is 0.0217. The van der Waals surface area contributed by atoms with E-state index >= 15 is 0 Å². The van der Waals surface area contributed by atoms with Gasteiger partial charge in [-0.3, -0.25) is 4.68 Å². The quantitative estimate of drug-likeness (QED) is 0.772. The van der Waals surface area contributed by atoms with E-state index in [0.717, 1.165) is 17.7 Å². The molecular formula is C11H16BrF3N2. The first kappa shape index (κ1) is 14.5. The van der Waals surface area contributed by atoms with E-state index in [0.29, 0.717) is 6.54 Å². The lowest BCUT2D eigenvalue weighted by molar-refractivity contribution is -0.137. The van der Waals surface area contributed by atoms with Crippen LogP contribution >= 0.6 is 15.9 Å². The van der Waals surface area contributed by atoms with Gasteiger partial charge in [0.05, 0.1) is 11.8 Å². The summed E-state index contributed by atoms with van der Waals surface area (Å²) in [6, 6.07) is 0. The lowest BCUT2D eigenvalue weighted by Gasteiger charge is -2.28. The van der Waals surface area contributed by atoms with E-state index in [2.05, 4.69) is 41.8 Å². The lowest BCUT2D eigenvalue weighted by Crippen LogP contribution is -2.26. The van der Waals surface area contributed by atoms with Crippen LogP contribution in [0.3, 0.4) is 0 Å². The summed E-state index contributed by atoms with van der Waals surface area (Å²) in [5.74, 6) is 0.225. The predicted molar refractivity (Wildman–Crippen MR) is 64.0 cm³/mol. The number of aromatic nitrogens is 2. The Morgan fingerprint density at radius 3 is 2.29 bits per heavy atom. The molecule has 0 aliphatic heterocycles. The molecule has 1 heterocycles. The average Bonchev–Trinajstić information content (AvgIpc) is 2.59. The Bertz CT molecular complexity index is 366. The molecule has 0 radical (unpaired) electrons. The fourth-order valence-electron chi connectivity index (χ4n) is 1.39. The molecule has 1 rings (SSSR count). The first-order chi connectivity index (χ1) is 7.64. The molecule has 1 aromatic heterocycles. The second kappa shape index (κ2) is 5.00. The van der Waals surface area contributed by atoms with E-state index in [1.54, 1.807) is 0 Å². The van der Waals surface area contributed by atoms with Crippen molar-refractivity contribution in [1.82, 2.24) is 9.78 Å². The van der Waals surface area contributed by atoms with Crippen LogP contribution in [0.25, 0.3) is 0 Å². The minimum atomic E-state index is -4.32. The van der Waals surface area contributed by atoms with E-state index < -0.39 is 11.7 Å². The van der Waals surface area contributed by atoms with Crippen LogP contribution in [-0.4, -0.2) is 15.1 Å². The van der Waals surface area contributed by atoms with Crippen molar-refractivity contribution in [2.75, 3.05) is 5.33 Å². The van der Waals surface area contributed by atoms with E-state index in [1.165, 1.54) is 4.68 Å². The van der Waals surface area contributed by atoms with Gasteiger partial charge in [0.2, 0.25) is 0 Å². The number of halogens is 4. The van der Waals surface area contributed by atoms with Crippen LogP contribution in [0, 0.1) is 11.3 Å². The van der Waals surface area contributed by atoms with E-state index in [1.807, 2.05) is 0 Å². The predicted octanol–water partition coefficient (Wildman–Crippen LogP) is 3.96. The van der Waals surface area contributed by atoms with Crippen molar-refractivity contribution in [2.24, 2.45) is 11.3 Å². The van der Waals surface area contributed by atoms with Gasteiger partial charge < -0.3 is 0 Å². The molecule has 6 heteroatoms. The number of hydrogen-bond acceptors (Lipinski definition) is 1. The Hall–Kier alpha value is -0.520. The van der Waals surface area contributed by atoms with E-state index in [-0.39, 0.29) is 11.3 Å². The van der Waals surface area contributed by atoms with Gasteiger partial charge >= 0.3 is 6.18 Å². The third kappa shape index (κ3) is 4.01. The van der Waals surface area contributed by atoms with Gasteiger partial charge in [-0.1, -0.05) is 36.7 Å². The standard InChI is InChI=1S/C11H16BrF3N2/c1-10(2,3)8(4-12)6-17-7-9(5-16-17)11(13,14)15/h5,7-8H,4,6H2,1-3H3. The molecular weight excluding hydrogens is 297 g/mol. The molecule has 0 bridgehead atoms. The molecule has 1 unspecified atom stereocenters. The normalized spacial score (nSPS) is 15.0. The monoisotopic (exact) mass is 312 g/mol. The van der Waals surface area contributed by atoms with Gasteiger partial charge in [0.15, 0.2) is 0 Å². The van der Waals surface area contributed by atoms with E-state index in [9.17, 15) is 13.2 Å². The highest BCUT2D eigenvalue weighted by molar-refractivity contribution is 9.09. The summed E-state index contributed by atoms with van der Waals surface area (Å²) in [6.45, 7) is 6.66. The Morgan fingerprint density at radius 2 is 1.94 bits per heavy atom. The Labute approximate surface area is 107 Å². The van der Waals surface area contributed by atoms with Gasteiger partial charge in [-0.25, -0.2) is 0 Å². The van der Waals surface area contributed by atoms with Crippen molar-refractivity contribution in [3.63, 3.8) is 0 Å². The smallest absolute Gasteiger partial charge is 0.272 e. The number of nitrogens with zero attached hydrogens (tertiary/aromatic N) is 2. The summed E-state index contributed by atoms with van der Waals surface area (Å²) in [7, 11) is 0. The van der Waals surface area contributed by atoms with Crippen molar-refractivity contribution in [3.8, 4) is 0 Å².